The molecule has 3 aliphatic rings. The van der Waals surface area contributed by atoms with Gasteiger partial charge in [-0.2, -0.15) is 5.10 Å². The van der Waals surface area contributed by atoms with Crippen molar-refractivity contribution < 1.29 is 9.59 Å². The van der Waals surface area contributed by atoms with Crippen molar-refractivity contribution in [2.75, 3.05) is 0 Å². The number of carbonyl (C=O) groups excluding carboxylic acids is 2. The highest BCUT2D eigenvalue weighted by Gasteiger charge is 2.54. The summed E-state index contributed by atoms with van der Waals surface area (Å²) in [5.41, 5.74) is 6.67. The summed E-state index contributed by atoms with van der Waals surface area (Å²) < 4.78 is 0. The number of rotatable bonds is 3. The summed E-state index contributed by atoms with van der Waals surface area (Å²) in [6, 6.07) is 7.85. The van der Waals surface area contributed by atoms with E-state index in [0.717, 1.165) is 29.7 Å². The van der Waals surface area contributed by atoms with Crippen LogP contribution in [0, 0.1) is 34.5 Å². The summed E-state index contributed by atoms with van der Waals surface area (Å²) in [5, 5.41) is 4.43. The van der Waals surface area contributed by atoms with Gasteiger partial charge in [0.05, 0.1) is 5.70 Å². The zero-order valence-electron chi connectivity index (χ0n) is 18.4. The Labute approximate surface area is 173 Å². The lowest BCUT2D eigenvalue weighted by molar-refractivity contribution is -0.131. The van der Waals surface area contributed by atoms with Gasteiger partial charge in [0.1, 0.15) is 5.78 Å². The highest BCUT2D eigenvalue weighted by atomic mass is 16.1. The Hall–Kier alpha value is -2.23. The van der Waals surface area contributed by atoms with Gasteiger partial charge in [-0.15, -0.1) is 0 Å². The van der Waals surface area contributed by atoms with Crippen LogP contribution in [0.15, 0.2) is 34.9 Å². The molecule has 2 bridgehead atoms. The second kappa shape index (κ2) is 6.65. The molecule has 1 aromatic rings. The van der Waals surface area contributed by atoms with Crippen LogP contribution >= 0.6 is 0 Å². The van der Waals surface area contributed by atoms with E-state index in [1.54, 1.807) is 0 Å². The SMILES string of the molecule is CC(C)(C)C(=O)c1ccc(C2=C3C(C=NN2)C2CC(C(=O)C(C)(C)C)C3C2)cc1. The number of Topliss-reactive ketones (excluding diaryl/α,β-unsaturated/α-hetero) is 2. The predicted octanol–water partition coefficient (Wildman–Crippen LogP) is 5.10. The van der Waals surface area contributed by atoms with Crippen LogP contribution in [0.1, 0.15) is 70.3 Å². The lowest BCUT2D eigenvalue weighted by atomic mass is 9.70. The van der Waals surface area contributed by atoms with E-state index in [4.69, 9.17) is 0 Å². The number of fused-ring (bicyclic) bond motifs is 5. The number of hydrogen-bond acceptors (Lipinski definition) is 4. The van der Waals surface area contributed by atoms with E-state index >= 15 is 0 Å². The van der Waals surface area contributed by atoms with Gasteiger partial charge in [-0.1, -0.05) is 65.8 Å². The molecule has 4 atom stereocenters. The third-order valence-electron chi connectivity index (χ3n) is 6.76. The third kappa shape index (κ3) is 3.37. The van der Waals surface area contributed by atoms with Gasteiger partial charge in [0, 0.05) is 34.4 Å². The van der Waals surface area contributed by atoms with Gasteiger partial charge < -0.3 is 0 Å². The number of hydrogen-bond donors (Lipinski definition) is 1. The highest BCUT2D eigenvalue weighted by Crippen LogP contribution is 2.58. The number of allylic oxidation sites excluding steroid dienone is 1. The Kier molecular flexibility index (Phi) is 4.60. The lowest BCUT2D eigenvalue weighted by Gasteiger charge is -2.35. The Morgan fingerprint density at radius 1 is 0.966 bits per heavy atom. The smallest absolute Gasteiger partial charge is 0.168 e. The molecular formula is C25H32N2O2. The van der Waals surface area contributed by atoms with Crippen LogP contribution in [-0.2, 0) is 4.79 Å². The molecule has 1 aliphatic heterocycles. The fourth-order valence-electron chi connectivity index (χ4n) is 5.31. The first-order valence-electron chi connectivity index (χ1n) is 10.7. The Morgan fingerprint density at radius 2 is 1.62 bits per heavy atom. The maximum Gasteiger partial charge on any atom is 0.168 e. The van der Waals surface area contributed by atoms with Crippen LogP contribution in [0.2, 0.25) is 0 Å². The molecule has 4 unspecified atom stereocenters. The summed E-state index contributed by atoms with van der Waals surface area (Å²) in [7, 11) is 0. The minimum atomic E-state index is -0.396. The molecule has 2 fully saturated rings. The van der Waals surface area contributed by atoms with E-state index in [1.165, 1.54) is 5.57 Å². The number of nitrogens with zero attached hydrogens (tertiary/aromatic N) is 1. The van der Waals surface area contributed by atoms with E-state index in [-0.39, 0.29) is 17.1 Å². The predicted molar refractivity (Wildman–Crippen MR) is 116 cm³/mol. The van der Waals surface area contributed by atoms with E-state index in [9.17, 15) is 9.59 Å². The zero-order chi connectivity index (χ0) is 21.1. The third-order valence-corrected chi connectivity index (χ3v) is 6.76. The molecule has 2 saturated carbocycles. The minimum Gasteiger partial charge on any atom is -0.299 e. The molecule has 0 aromatic heterocycles. The van der Waals surface area contributed by atoms with Crippen molar-refractivity contribution in [3.05, 3.63) is 41.0 Å². The van der Waals surface area contributed by atoms with Crippen molar-refractivity contribution >= 4 is 23.5 Å². The monoisotopic (exact) mass is 392 g/mol. The lowest BCUT2D eigenvalue weighted by Crippen LogP contribution is -2.36. The first-order valence-corrected chi connectivity index (χ1v) is 10.7. The number of nitrogens with one attached hydrogen (secondary N) is 1. The van der Waals surface area contributed by atoms with Gasteiger partial charge in [0.25, 0.3) is 0 Å². The van der Waals surface area contributed by atoms with Crippen molar-refractivity contribution in [3.8, 4) is 0 Å². The number of carbonyl (C=O) groups is 2. The van der Waals surface area contributed by atoms with Gasteiger partial charge in [-0.3, -0.25) is 15.0 Å². The molecule has 0 amide bonds. The van der Waals surface area contributed by atoms with Crippen LogP contribution < -0.4 is 5.43 Å². The zero-order valence-corrected chi connectivity index (χ0v) is 18.4. The van der Waals surface area contributed by atoms with Crippen molar-refractivity contribution in [1.82, 2.24) is 5.43 Å². The van der Waals surface area contributed by atoms with Gasteiger partial charge >= 0.3 is 0 Å². The molecule has 1 aromatic carbocycles. The fraction of sp³-hybridized carbons (Fsp3) is 0.560. The minimum absolute atomic E-state index is 0.108. The topological polar surface area (TPSA) is 58.5 Å². The van der Waals surface area contributed by atoms with Crippen molar-refractivity contribution in [3.63, 3.8) is 0 Å². The van der Waals surface area contributed by atoms with Gasteiger partial charge in [0.2, 0.25) is 0 Å². The van der Waals surface area contributed by atoms with E-state index in [1.807, 2.05) is 72.0 Å². The standard InChI is InChI=1S/C25H32N2O2/c1-24(2,3)22(28)15-9-7-14(8-10-15)21-20-17-11-16(19(20)13-26-27-21)12-18(17)23(29)25(4,5)6/h7-10,13,16-19,27H,11-12H2,1-6H3. The Morgan fingerprint density at radius 3 is 2.21 bits per heavy atom. The maximum atomic E-state index is 13.1. The van der Waals surface area contributed by atoms with Crippen molar-refractivity contribution in [1.29, 1.82) is 0 Å². The molecule has 2 aliphatic carbocycles. The quantitative estimate of drug-likeness (QED) is 0.728. The second-order valence-corrected chi connectivity index (χ2v) is 11.0. The summed E-state index contributed by atoms with van der Waals surface area (Å²) in [4.78, 5) is 25.6. The first kappa shape index (κ1) is 20.1. The van der Waals surface area contributed by atoms with Gasteiger partial charge in [0.15, 0.2) is 5.78 Å². The molecule has 4 rings (SSSR count). The van der Waals surface area contributed by atoms with Crippen LogP contribution in [0.25, 0.3) is 5.70 Å². The molecule has 154 valence electrons. The normalized spacial score (nSPS) is 28.3. The highest BCUT2D eigenvalue weighted by molar-refractivity contribution is 6.00. The van der Waals surface area contributed by atoms with Crippen LogP contribution in [0.3, 0.4) is 0 Å². The average Bonchev–Trinajstić information content (AvgIpc) is 3.25. The van der Waals surface area contributed by atoms with Crippen LogP contribution in [0.4, 0.5) is 0 Å². The maximum absolute atomic E-state index is 13.1. The van der Waals surface area contributed by atoms with E-state index in [0.29, 0.717) is 23.5 Å². The van der Waals surface area contributed by atoms with Crippen LogP contribution in [-0.4, -0.2) is 17.8 Å². The average molecular weight is 393 g/mol. The van der Waals surface area contributed by atoms with Gasteiger partial charge in [-0.25, -0.2) is 0 Å². The summed E-state index contributed by atoms with van der Waals surface area (Å²) in [5.74, 6) is 1.76. The Bertz CT molecular complexity index is 910. The molecule has 4 heteroatoms. The number of ketones is 2. The molecule has 1 heterocycles. The molecular weight excluding hydrogens is 360 g/mol. The summed E-state index contributed by atoms with van der Waals surface area (Å²) in [6.07, 6.45) is 4.08. The number of benzene rings is 1. The molecule has 1 N–H and O–H groups in total. The molecule has 0 spiro atoms. The summed E-state index contributed by atoms with van der Waals surface area (Å²) >= 11 is 0. The van der Waals surface area contributed by atoms with Crippen molar-refractivity contribution in [2.45, 2.75) is 54.4 Å². The Balaban J connectivity index is 1.69. The summed E-state index contributed by atoms with van der Waals surface area (Å²) in [6.45, 7) is 11.9. The largest absolute Gasteiger partial charge is 0.299 e. The van der Waals surface area contributed by atoms with Crippen LogP contribution in [0.5, 0.6) is 0 Å². The molecule has 0 saturated heterocycles. The van der Waals surface area contributed by atoms with Crippen molar-refractivity contribution in [2.24, 2.45) is 39.6 Å². The molecule has 0 radical (unpaired) electrons. The molecule has 4 nitrogen and oxygen atoms in total. The second-order valence-electron chi connectivity index (χ2n) is 11.0. The number of hydrazone groups is 1. The fourth-order valence-corrected chi connectivity index (χ4v) is 5.31. The molecule has 29 heavy (non-hydrogen) atoms. The first-order chi connectivity index (χ1) is 13.5. The van der Waals surface area contributed by atoms with E-state index in [2.05, 4.69) is 10.5 Å². The van der Waals surface area contributed by atoms with Gasteiger partial charge in [-0.05, 0) is 35.8 Å². The van der Waals surface area contributed by atoms with E-state index < -0.39 is 5.41 Å².